The van der Waals surface area contributed by atoms with Crippen LogP contribution in [0.5, 0.6) is 0 Å². The molecule has 0 spiro atoms. The van der Waals surface area contributed by atoms with Gasteiger partial charge in [0.15, 0.2) is 6.29 Å². The molecule has 1 amide bonds. The summed E-state index contributed by atoms with van der Waals surface area (Å²) < 4.78 is 37.7. The monoisotopic (exact) mass is 242 g/mol. The molecule has 0 fully saturated rings. The number of nitrogens with zero attached hydrogens (tertiary/aromatic N) is 1. The lowest BCUT2D eigenvalue weighted by molar-refractivity contribution is -0.137. The van der Waals surface area contributed by atoms with E-state index >= 15 is 0 Å². The second kappa shape index (κ2) is 4.25. The molecule has 1 aromatic carbocycles. The zero-order valence-corrected chi connectivity index (χ0v) is 8.21. The molecule has 17 heavy (non-hydrogen) atoms. The van der Waals surface area contributed by atoms with E-state index in [0.29, 0.717) is 12.1 Å². The molecular formula is C10H5F3N2O2. The Morgan fingerprint density at radius 2 is 2.00 bits per heavy atom. The van der Waals surface area contributed by atoms with Crippen molar-refractivity contribution >= 4 is 12.2 Å². The number of aldehydes is 1. The van der Waals surface area contributed by atoms with Crippen molar-refractivity contribution in [3.8, 4) is 6.07 Å². The molecule has 0 saturated heterocycles. The summed E-state index contributed by atoms with van der Waals surface area (Å²) in [5, 5.41) is 8.58. The van der Waals surface area contributed by atoms with Gasteiger partial charge < -0.3 is 5.73 Å². The lowest BCUT2D eigenvalue weighted by Gasteiger charge is -2.11. The highest BCUT2D eigenvalue weighted by atomic mass is 19.4. The minimum Gasteiger partial charge on any atom is -0.366 e. The second-order valence-electron chi connectivity index (χ2n) is 3.08. The van der Waals surface area contributed by atoms with Gasteiger partial charge in [-0.3, -0.25) is 9.59 Å². The van der Waals surface area contributed by atoms with Crippen molar-refractivity contribution in [2.45, 2.75) is 6.18 Å². The van der Waals surface area contributed by atoms with Crippen LogP contribution in [0.15, 0.2) is 12.1 Å². The Hall–Kier alpha value is -2.36. The maximum Gasteiger partial charge on any atom is 0.417 e. The number of nitrogens with two attached hydrogens (primary N) is 1. The molecule has 0 saturated carbocycles. The number of nitriles is 1. The Balaban J connectivity index is 3.65. The van der Waals surface area contributed by atoms with Crippen molar-refractivity contribution < 1.29 is 22.8 Å². The largest absolute Gasteiger partial charge is 0.417 e. The molecule has 0 bridgehead atoms. The van der Waals surface area contributed by atoms with Crippen molar-refractivity contribution in [1.82, 2.24) is 0 Å². The van der Waals surface area contributed by atoms with Crippen LogP contribution in [0.4, 0.5) is 13.2 Å². The molecular weight excluding hydrogens is 237 g/mol. The Morgan fingerprint density at radius 1 is 1.41 bits per heavy atom. The lowest BCUT2D eigenvalue weighted by atomic mass is 9.98. The minimum absolute atomic E-state index is 0.186. The summed E-state index contributed by atoms with van der Waals surface area (Å²) in [7, 11) is 0. The van der Waals surface area contributed by atoms with Gasteiger partial charge in [-0.25, -0.2) is 0 Å². The number of alkyl halides is 3. The molecule has 0 aliphatic heterocycles. The van der Waals surface area contributed by atoms with Crippen molar-refractivity contribution in [2.75, 3.05) is 0 Å². The Morgan fingerprint density at radius 3 is 2.35 bits per heavy atom. The third-order valence-electron chi connectivity index (χ3n) is 2.01. The van der Waals surface area contributed by atoms with Crippen LogP contribution in [0, 0.1) is 11.3 Å². The van der Waals surface area contributed by atoms with Crippen LogP contribution in [0.3, 0.4) is 0 Å². The zero-order valence-electron chi connectivity index (χ0n) is 8.21. The predicted molar refractivity (Wildman–Crippen MR) is 50.1 cm³/mol. The first kappa shape index (κ1) is 12.7. The molecule has 88 valence electrons. The number of carbonyl (C=O) groups excluding carboxylic acids is 2. The summed E-state index contributed by atoms with van der Waals surface area (Å²) in [6, 6.07) is 2.54. The molecule has 2 N–H and O–H groups in total. The lowest BCUT2D eigenvalue weighted by Crippen LogP contribution is -2.19. The van der Waals surface area contributed by atoms with Crippen molar-refractivity contribution in [3.05, 3.63) is 34.4 Å². The van der Waals surface area contributed by atoms with E-state index < -0.39 is 28.8 Å². The molecule has 1 rings (SSSR count). The van der Waals surface area contributed by atoms with Crippen LogP contribution >= 0.6 is 0 Å². The van der Waals surface area contributed by atoms with Crippen molar-refractivity contribution in [2.24, 2.45) is 5.73 Å². The first-order chi connectivity index (χ1) is 7.81. The van der Waals surface area contributed by atoms with Crippen molar-refractivity contribution in [3.63, 3.8) is 0 Å². The van der Waals surface area contributed by atoms with E-state index in [-0.39, 0.29) is 11.8 Å². The van der Waals surface area contributed by atoms with E-state index in [4.69, 9.17) is 11.0 Å². The molecule has 0 heterocycles. The van der Waals surface area contributed by atoms with E-state index in [0.717, 1.165) is 0 Å². The fourth-order valence-electron chi connectivity index (χ4n) is 1.25. The van der Waals surface area contributed by atoms with Gasteiger partial charge in [-0.15, -0.1) is 0 Å². The number of benzene rings is 1. The molecule has 7 heteroatoms. The number of hydrogen-bond acceptors (Lipinski definition) is 3. The smallest absolute Gasteiger partial charge is 0.366 e. The molecule has 0 aromatic heterocycles. The average Bonchev–Trinajstić information content (AvgIpc) is 2.25. The highest BCUT2D eigenvalue weighted by molar-refractivity contribution is 5.97. The van der Waals surface area contributed by atoms with Gasteiger partial charge in [0.2, 0.25) is 5.91 Å². The van der Waals surface area contributed by atoms with Gasteiger partial charge in [0.05, 0.1) is 22.8 Å². The molecule has 4 nitrogen and oxygen atoms in total. The van der Waals surface area contributed by atoms with Gasteiger partial charge >= 0.3 is 6.18 Å². The fraction of sp³-hybridized carbons (Fsp3) is 0.100. The molecule has 0 atom stereocenters. The third kappa shape index (κ3) is 2.42. The zero-order chi connectivity index (χ0) is 13.2. The number of rotatable bonds is 2. The number of halogens is 3. The van der Waals surface area contributed by atoms with E-state index in [1.165, 1.54) is 6.07 Å². The maximum atomic E-state index is 12.6. The van der Waals surface area contributed by atoms with Gasteiger partial charge in [-0.1, -0.05) is 0 Å². The average molecular weight is 242 g/mol. The van der Waals surface area contributed by atoms with E-state index in [1.807, 2.05) is 0 Å². The number of carbonyl (C=O) groups is 2. The first-order valence-corrected chi connectivity index (χ1v) is 4.21. The highest BCUT2D eigenvalue weighted by Crippen LogP contribution is 2.33. The summed E-state index contributed by atoms with van der Waals surface area (Å²) in [5.74, 6) is -1.31. The summed E-state index contributed by atoms with van der Waals surface area (Å²) in [6.07, 6.45) is -4.64. The normalized spacial score (nSPS) is 10.7. The Kier molecular flexibility index (Phi) is 3.18. The highest BCUT2D eigenvalue weighted by Gasteiger charge is 2.35. The van der Waals surface area contributed by atoms with Crippen molar-refractivity contribution in [1.29, 1.82) is 5.26 Å². The van der Waals surface area contributed by atoms with E-state index in [1.54, 1.807) is 0 Å². The van der Waals surface area contributed by atoms with E-state index in [9.17, 15) is 22.8 Å². The molecule has 0 unspecified atom stereocenters. The van der Waals surface area contributed by atoms with Crippen LogP contribution in [-0.4, -0.2) is 12.2 Å². The number of amides is 1. The standard InChI is InChI=1S/C10H5F3N2O2/c11-10(12,13)8-2-5(3-14)6(4-16)1-7(8)9(15)17/h1-2,4H,(H2,15,17). The third-order valence-corrected chi connectivity index (χ3v) is 2.01. The molecule has 1 aromatic rings. The van der Waals surface area contributed by atoms with Crippen LogP contribution in [-0.2, 0) is 6.18 Å². The molecule has 0 aliphatic carbocycles. The Bertz CT molecular complexity index is 530. The second-order valence-corrected chi connectivity index (χ2v) is 3.08. The molecule has 0 aliphatic rings. The summed E-state index contributed by atoms with van der Waals surface area (Å²) in [4.78, 5) is 21.4. The predicted octanol–water partition coefficient (Wildman–Crippen LogP) is 1.49. The first-order valence-electron chi connectivity index (χ1n) is 4.21. The molecule has 0 radical (unpaired) electrons. The Labute approximate surface area is 93.4 Å². The summed E-state index contributed by atoms with van der Waals surface area (Å²) in [5.41, 5.74) is 1.86. The van der Waals surface area contributed by atoms with Gasteiger partial charge in [-0.2, -0.15) is 18.4 Å². The SMILES string of the molecule is N#Cc1cc(C(F)(F)F)c(C(N)=O)cc1C=O. The summed E-state index contributed by atoms with van der Waals surface area (Å²) >= 11 is 0. The quantitative estimate of drug-likeness (QED) is 0.797. The van der Waals surface area contributed by atoms with Gasteiger partial charge in [0.25, 0.3) is 0 Å². The van der Waals surface area contributed by atoms with Gasteiger partial charge in [-0.05, 0) is 12.1 Å². The minimum atomic E-state index is -4.82. The van der Waals surface area contributed by atoms with E-state index in [2.05, 4.69) is 0 Å². The fourth-order valence-corrected chi connectivity index (χ4v) is 1.25. The van der Waals surface area contributed by atoms with Gasteiger partial charge in [0.1, 0.15) is 0 Å². The van der Waals surface area contributed by atoms with Gasteiger partial charge in [0, 0.05) is 5.56 Å². The topological polar surface area (TPSA) is 83.9 Å². The van der Waals surface area contributed by atoms with Crippen LogP contribution < -0.4 is 5.73 Å². The maximum absolute atomic E-state index is 12.6. The van der Waals surface area contributed by atoms with Crippen LogP contribution in [0.25, 0.3) is 0 Å². The number of primary amides is 1. The number of hydrogen-bond donors (Lipinski definition) is 1. The van der Waals surface area contributed by atoms with Crippen LogP contribution in [0.1, 0.15) is 31.8 Å². The summed E-state index contributed by atoms with van der Waals surface area (Å²) in [6.45, 7) is 0. The van der Waals surface area contributed by atoms with Crippen LogP contribution in [0.2, 0.25) is 0 Å².